The highest BCUT2D eigenvalue weighted by molar-refractivity contribution is 7.89. The van der Waals surface area contributed by atoms with Crippen LogP contribution in [0, 0.1) is 0 Å². The number of carboxylic acid groups (broad SMARTS) is 1. The van der Waals surface area contributed by atoms with Crippen LogP contribution in [0.15, 0.2) is 76.7 Å². The molecule has 37 heavy (non-hydrogen) atoms. The van der Waals surface area contributed by atoms with Crippen LogP contribution in [0.25, 0.3) is 10.8 Å². The zero-order chi connectivity index (χ0) is 27.2. The number of nitrogens with two attached hydrogens (primary N) is 1. The minimum Gasteiger partial charge on any atom is -0.475 e. The number of carboxylic acids is 1. The Morgan fingerprint density at radius 1 is 1.11 bits per heavy atom. The first kappa shape index (κ1) is 27.6. The molecule has 0 aliphatic carbocycles. The maximum atomic E-state index is 12.9. The van der Waals surface area contributed by atoms with E-state index in [2.05, 4.69) is 9.82 Å². The average Bonchev–Trinajstić information content (AvgIpc) is 3.17. The quantitative estimate of drug-likeness (QED) is 0.251. The molecule has 1 aliphatic heterocycles. The summed E-state index contributed by atoms with van der Waals surface area (Å²) in [5.41, 5.74) is 1.77. The number of carbonyl (C=O) groups excluding carboxylic acids is 1. The molecule has 196 valence electrons. The van der Waals surface area contributed by atoms with Gasteiger partial charge in [0, 0.05) is 13.1 Å². The lowest BCUT2D eigenvalue weighted by Crippen LogP contribution is -2.41. The number of aliphatic carboxylic acids is 1. The zero-order valence-corrected chi connectivity index (χ0v) is 20.0. The molecule has 0 bridgehead atoms. The van der Waals surface area contributed by atoms with Crippen molar-refractivity contribution < 1.29 is 36.3 Å². The topological polar surface area (TPSA) is 142 Å². The van der Waals surface area contributed by atoms with Crippen LogP contribution in [-0.4, -0.2) is 55.3 Å². The van der Waals surface area contributed by atoms with E-state index in [9.17, 15) is 26.4 Å². The van der Waals surface area contributed by atoms with Gasteiger partial charge in [-0.05, 0) is 46.5 Å². The van der Waals surface area contributed by atoms with Gasteiger partial charge in [-0.1, -0.05) is 48.5 Å². The van der Waals surface area contributed by atoms with E-state index in [1.807, 2.05) is 48.5 Å². The summed E-state index contributed by atoms with van der Waals surface area (Å²) in [6.07, 6.45) is -3.12. The summed E-state index contributed by atoms with van der Waals surface area (Å²) in [4.78, 5) is 23.5. The third-order valence-corrected chi connectivity index (χ3v) is 6.89. The van der Waals surface area contributed by atoms with Gasteiger partial charge in [0.25, 0.3) is 0 Å². The third-order valence-electron chi connectivity index (χ3n) is 5.42. The van der Waals surface area contributed by atoms with Gasteiger partial charge in [0.15, 0.2) is 0 Å². The molecular weight excluding hydrogens is 513 g/mol. The fraction of sp³-hybridized carbons (Fsp3) is 0.208. The molecule has 9 nitrogen and oxygen atoms in total. The first-order valence-electron chi connectivity index (χ1n) is 10.8. The number of carbonyl (C=O) groups is 2. The maximum Gasteiger partial charge on any atom is 0.490 e. The lowest BCUT2D eigenvalue weighted by atomic mass is 10.1. The fourth-order valence-electron chi connectivity index (χ4n) is 3.67. The van der Waals surface area contributed by atoms with Crippen LogP contribution in [0.3, 0.4) is 0 Å². The van der Waals surface area contributed by atoms with Gasteiger partial charge in [0.05, 0.1) is 11.1 Å². The molecule has 1 fully saturated rings. The minimum atomic E-state index is -5.08. The number of sulfonamides is 1. The second-order valence-electron chi connectivity index (χ2n) is 8.06. The number of alkyl halides is 3. The predicted octanol–water partition coefficient (Wildman–Crippen LogP) is 2.85. The van der Waals surface area contributed by atoms with Crippen molar-refractivity contribution in [2.24, 2.45) is 10.9 Å². The molecule has 0 radical (unpaired) electrons. The van der Waals surface area contributed by atoms with Gasteiger partial charge < -0.3 is 15.8 Å². The number of nitrogens with zero attached hydrogens (tertiary/aromatic N) is 2. The van der Waals surface area contributed by atoms with E-state index in [1.54, 1.807) is 23.1 Å². The average molecular weight is 537 g/mol. The Hall–Kier alpha value is -3.97. The lowest BCUT2D eigenvalue weighted by molar-refractivity contribution is -0.192. The smallest absolute Gasteiger partial charge is 0.475 e. The van der Waals surface area contributed by atoms with Crippen molar-refractivity contribution in [3.8, 4) is 0 Å². The zero-order valence-electron chi connectivity index (χ0n) is 19.2. The van der Waals surface area contributed by atoms with Crippen LogP contribution in [0.5, 0.6) is 0 Å². The summed E-state index contributed by atoms with van der Waals surface area (Å²) in [5, 5.41) is 12.4. The van der Waals surface area contributed by atoms with E-state index in [0.29, 0.717) is 19.5 Å². The van der Waals surface area contributed by atoms with Crippen molar-refractivity contribution in [2.75, 3.05) is 6.54 Å². The Labute approximate surface area is 210 Å². The van der Waals surface area contributed by atoms with Crippen molar-refractivity contribution >= 4 is 38.9 Å². The molecule has 3 aromatic rings. The first-order chi connectivity index (χ1) is 17.4. The SMILES string of the molecule is NN=Cc1cccc(CN2CC[C@H](NS(=O)(=O)c3ccc4ccccc4c3)C2=O)c1.O=C(O)C(F)(F)F. The van der Waals surface area contributed by atoms with Crippen LogP contribution in [-0.2, 0) is 26.2 Å². The summed E-state index contributed by atoms with van der Waals surface area (Å²) in [5.74, 6) is 2.21. The Bertz CT molecular complexity index is 1430. The van der Waals surface area contributed by atoms with E-state index < -0.39 is 28.2 Å². The maximum absolute atomic E-state index is 12.9. The highest BCUT2D eigenvalue weighted by Gasteiger charge is 2.38. The Morgan fingerprint density at radius 2 is 1.78 bits per heavy atom. The fourth-order valence-corrected chi connectivity index (χ4v) is 4.93. The summed E-state index contributed by atoms with van der Waals surface area (Å²) < 4.78 is 60.0. The van der Waals surface area contributed by atoms with Gasteiger partial charge in [0.1, 0.15) is 6.04 Å². The van der Waals surface area contributed by atoms with Crippen LogP contribution in [0.1, 0.15) is 17.5 Å². The standard InChI is InChI=1S/C22H22N4O3S.C2HF3O2/c23-24-14-16-4-3-5-17(12-16)15-26-11-10-21(22(26)27)25-30(28,29)20-9-8-18-6-1-2-7-19(18)13-20;3-2(4,5)1(6)7/h1-9,12-14,21,25H,10-11,15,23H2;(H,6,7)/t21-;/m0./s1. The number of nitrogens with one attached hydrogen (secondary N) is 1. The molecule has 1 atom stereocenters. The Morgan fingerprint density at radius 3 is 2.43 bits per heavy atom. The molecule has 4 rings (SSSR count). The molecular formula is C24H23F3N4O5S. The number of amides is 1. The summed E-state index contributed by atoms with van der Waals surface area (Å²) in [6.45, 7) is 0.887. The molecule has 4 N–H and O–H groups in total. The van der Waals surface area contributed by atoms with E-state index in [4.69, 9.17) is 15.7 Å². The number of halogens is 3. The summed E-state index contributed by atoms with van der Waals surface area (Å²) in [7, 11) is -3.81. The van der Waals surface area contributed by atoms with Crippen molar-refractivity contribution in [2.45, 2.75) is 30.1 Å². The molecule has 0 spiro atoms. The van der Waals surface area contributed by atoms with Gasteiger partial charge in [-0.2, -0.15) is 23.0 Å². The highest BCUT2D eigenvalue weighted by Crippen LogP contribution is 2.21. The molecule has 0 aromatic heterocycles. The van der Waals surface area contributed by atoms with Crippen LogP contribution >= 0.6 is 0 Å². The van der Waals surface area contributed by atoms with E-state index in [1.165, 1.54) is 6.21 Å². The summed E-state index contributed by atoms with van der Waals surface area (Å²) in [6, 6.07) is 19.3. The molecule has 3 aromatic carbocycles. The van der Waals surface area contributed by atoms with Gasteiger partial charge in [-0.15, -0.1) is 0 Å². The number of hydrogen-bond acceptors (Lipinski definition) is 6. The largest absolute Gasteiger partial charge is 0.490 e. The highest BCUT2D eigenvalue weighted by atomic mass is 32.2. The van der Waals surface area contributed by atoms with E-state index >= 15 is 0 Å². The van der Waals surface area contributed by atoms with Gasteiger partial charge in [-0.25, -0.2) is 13.2 Å². The van der Waals surface area contributed by atoms with Crippen LogP contribution in [0.2, 0.25) is 0 Å². The van der Waals surface area contributed by atoms with Gasteiger partial charge >= 0.3 is 12.1 Å². The Kier molecular flexibility index (Phi) is 8.50. The van der Waals surface area contributed by atoms with Crippen molar-refractivity contribution in [1.29, 1.82) is 0 Å². The second-order valence-corrected chi connectivity index (χ2v) is 9.77. The molecule has 0 unspecified atom stereocenters. The normalized spacial score (nSPS) is 16.1. The van der Waals surface area contributed by atoms with Crippen molar-refractivity contribution in [3.63, 3.8) is 0 Å². The van der Waals surface area contributed by atoms with Crippen molar-refractivity contribution in [3.05, 3.63) is 77.9 Å². The van der Waals surface area contributed by atoms with Crippen LogP contribution in [0.4, 0.5) is 13.2 Å². The molecule has 1 amide bonds. The number of hydrogen-bond donors (Lipinski definition) is 3. The van der Waals surface area contributed by atoms with Gasteiger partial charge in [-0.3, -0.25) is 4.79 Å². The third kappa shape index (κ3) is 7.27. The van der Waals surface area contributed by atoms with Crippen LogP contribution < -0.4 is 10.6 Å². The first-order valence-corrected chi connectivity index (χ1v) is 12.3. The molecule has 1 saturated heterocycles. The number of benzene rings is 3. The summed E-state index contributed by atoms with van der Waals surface area (Å²) >= 11 is 0. The lowest BCUT2D eigenvalue weighted by Gasteiger charge is -2.17. The van der Waals surface area contributed by atoms with E-state index in [-0.39, 0.29) is 10.8 Å². The molecule has 1 heterocycles. The van der Waals surface area contributed by atoms with Crippen molar-refractivity contribution in [1.82, 2.24) is 9.62 Å². The number of hydrazone groups is 1. The Balaban J connectivity index is 0.000000479. The predicted molar refractivity (Wildman–Crippen MR) is 130 cm³/mol. The second kappa shape index (κ2) is 11.4. The minimum absolute atomic E-state index is 0.154. The molecule has 1 aliphatic rings. The molecule has 13 heteroatoms. The van der Waals surface area contributed by atoms with Gasteiger partial charge in [0.2, 0.25) is 15.9 Å². The number of rotatable bonds is 6. The monoisotopic (exact) mass is 536 g/mol. The molecule has 0 saturated carbocycles. The number of fused-ring (bicyclic) bond motifs is 1. The number of likely N-dealkylation sites (tertiary alicyclic amines) is 1. The van der Waals surface area contributed by atoms with E-state index in [0.717, 1.165) is 21.9 Å².